The minimum absolute atomic E-state index is 0.0145. The first-order valence-electron chi connectivity index (χ1n) is 19.8. The Kier molecular flexibility index (Phi) is 21.7. The smallest absolute Gasteiger partial charge is 0.326 e. The van der Waals surface area contributed by atoms with E-state index < -0.39 is 102 Å². The van der Waals surface area contributed by atoms with Gasteiger partial charge in [0.2, 0.25) is 41.4 Å². The lowest BCUT2D eigenvalue weighted by atomic mass is 9.85. The number of aliphatic imine (C=N–C) groups is 1. The average molecular weight is 851 g/mol. The first kappa shape index (κ1) is 52.2. The van der Waals surface area contributed by atoms with Gasteiger partial charge in [-0.2, -0.15) is 0 Å². The van der Waals surface area contributed by atoms with Gasteiger partial charge in [-0.05, 0) is 49.9 Å². The molecule has 22 heteroatoms. The van der Waals surface area contributed by atoms with Gasteiger partial charge in [0.05, 0.1) is 12.9 Å². The number of nitrogens with zero attached hydrogens (tertiary/aromatic N) is 2. The monoisotopic (exact) mass is 851 g/mol. The molecule has 0 saturated heterocycles. The second kappa shape index (κ2) is 25.0. The summed E-state index contributed by atoms with van der Waals surface area (Å²) in [5.41, 5.74) is 10.1. The van der Waals surface area contributed by atoms with E-state index in [4.69, 9.17) is 11.5 Å². The molecular weight excluding hydrogens is 784 g/mol. The summed E-state index contributed by atoms with van der Waals surface area (Å²) in [6.07, 6.45) is 3.24. The van der Waals surface area contributed by atoms with Gasteiger partial charge in [-0.3, -0.25) is 38.6 Å². The third kappa shape index (κ3) is 19.3. The molecule has 0 spiro atoms. The van der Waals surface area contributed by atoms with Crippen LogP contribution in [0.2, 0.25) is 0 Å². The molecule has 0 saturated carbocycles. The van der Waals surface area contributed by atoms with Gasteiger partial charge in [-0.25, -0.2) is 9.78 Å². The lowest BCUT2D eigenvalue weighted by molar-refractivity contribution is -0.142. The minimum atomic E-state index is -1.36. The van der Waals surface area contributed by atoms with Crippen molar-refractivity contribution in [2.24, 2.45) is 33.7 Å². The molecular formula is C38H66N12O10. The molecule has 22 nitrogen and oxygen atoms in total. The highest BCUT2D eigenvalue weighted by Gasteiger charge is 2.38. The molecule has 0 fully saturated rings. The Bertz CT molecular complexity index is 1640. The number of amides is 7. The molecule has 0 unspecified atom stereocenters. The summed E-state index contributed by atoms with van der Waals surface area (Å²) in [5, 5.41) is 37.2. The second-order valence-electron chi connectivity index (χ2n) is 16.5. The summed E-state index contributed by atoms with van der Waals surface area (Å²) in [6.45, 7) is 14.2. The fourth-order valence-electron chi connectivity index (χ4n) is 5.83. The summed E-state index contributed by atoms with van der Waals surface area (Å²) >= 11 is 0. The summed E-state index contributed by atoms with van der Waals surface area (Å²) < 4.78 is 0. The SMILES string of the molecule is CC(=O)N[C@@H](CO)C(=O)N[C@@H](Cc1cnc[nH]1)C(=O)N[C@H](C(=O)N[C@@H](CC(C)C)C(=O)N[C@@H](CC(C)C)C(=O)N[C@@H](C)C(=O)N[C@@H](CCCN=C(N)N)C(=O)O)C(C)(C)C. The number of aromatic nitrogens is 2. The van der Waals surface area contributed by atoms with Gasteiger partial charge in [0.25, 0.3) is 0 Å². The first-order chi connectivity index (χ1) is 27.9. The van der Waals surface area contributed by atoms with Gasteiger partial charge in [-0.1, -0.05) is 48.5 Å². The zero-order valence-electron chi connectivity index (χ0n) is 36.0. The molecule has 0 bridgehead atoms. The summed E-state index contributed by atoms with van der Waals surface area (Å²) in [4.78, 5) is 115. The van der Waals surface area contributed by atoms with Crippen molar-refractivity contribution in [3.63, 3.8) is 0 Å². The maximum absolute atomic E-state index is 14.1. The van der Waals surface area contributed by atoms with Crippen LogP contribution in [-0.2, 0) is 44.8 Å². The molecule has 7 atom stereocenters. The number of hydrogen-bond acceptors (Lipinski definition) is 11. The zero-order chi connectivity index (χ0) is 45.9. The molecule has 0 aliphatic rings. The quantitative estimate of drug-likeness (QED) is 0.0279. The Balaban J connectivity index is 3.26. The van der Waals surface area contributed by atoms with Crippen LogP contribution in [0, 0.1) is 17.3 Å². The highest BCUT2D eigenvalue weighted by Crippen LogP contribution is 2.21. The third-order valence-electron chi connectivity index (χ3n) is 8.90. The van der Waals surface area contributed by atoms with Gasteiger partial charge < -0.3 is 63.9 Å². The average Bonchev–Trinajstić information content (AvgIpc) is 3.64. The van der Waals surface area contributed by atoms with Crippen LogP contribution in [0.15, 0.2) is 17.5 Å². The summed E-state index contributed by atoms with van der Waals surface area (Å²) in [7, 11) is 0. The van der Waals surface area contributed by atoms with Crippen molar-refractivity contribution in [3.05, 3.63) is 18.2 Å². The fourth-order valence-corrected chi connectivity index (χ4v) is 5.83. The molecule has 1 heterocycles. The molecule has 1 aromatic rings. The topological polar surface area (TPSA) is 354 Å². The van der Waals surface area contributed by atoms with Crippen molar-refractivity contribution in [2.45, 2.75) is 137 Å². The van der Waals surface area contributed by atoms with E-state index in [1.54, 1.807) is 20.8 Å². The standard InChI is InChI=1S/C38H66N12O10/c1-19(2)13-25(31(54)44-21(5)30(53)46-24(36(59)60)11-10-12-42-37(39)40)47-32(55)26(14-20(3)4)49-35(58)29(38(7,8)9)50-33(56)27(15-23-16-41-18-43-23)48-34(57)28(17-51)45-22(6)52/h16,18-21,24-29,51H,10-15,17H2,1-9H3,(H,41,43)(H,44,54)(H,45,52)(H,46,53)(H,47,55)(H,48,57)(H,49,58)(H,50,56)(H,59,60)(H4,39,40,42)/t21-,24-,25-,26-,27-,28-,29+/m0/s1. The number of hydrogen-bond donors (Lipinski definition) is 12. The fraction of sp³-hybridized carbons (Fsp3) is 0.684. The lowest BCUT2D eigenvalue weighted by Crippen LogP contribution is -2.62. The van der Waals surface area contributed by atoms with Crippen molar-refractivity contribution in [2.75, 3.05) is 13.2 Å². The number of imidazole rings is 1. The Morgan fingerprint density at radius 1 is 0.717 bits per heavy atom. The first-order valence-corrected chi connectivity index (χ1v) is 19.8. The Morgan fingerprint density at radius 2 is 1.22 bits per heavy atom. The van der Waals surface area contributed by atoms with Gasteiger partial charge >= 0.3 is 5.97 Å². The van der Waals surface area contributed by atoms with E-state index in [2.05, 4.69) is 52.2 Å². The Hall–Kier alpha value is -5.80. The van der Waals surface area contributed by atoms with Crippen molar-refractivity contribution < 1.29 is 48.6 Å². The number of aromatic amines is 1. The number of nitrogens with one attached hydrogen (secondary N) is 8. The Morgan fingerprint density at radius 3 is 1.68 bits per heavy atom. The van der Waals surface area contributed by atoms with Crippen LogP contribution in [0.4, 0.5) is 0 Å². The van der Waals surface area contributed by atoms with Crippen LogP contribution in [0.5, 0.6) is 0 Å². The van der Waals surface area contributed by atoms with E-state index >= 15 is 0 Å². The molecule has 0 aliphatic carbocycles. The van der Waals surface area contributed by atoms with Gasteiger partial charge in [0, 0.05) is 31.8 Å². The van der Waals surface area contributed by atoms with Gasteiger partial charge in [0.15, 0.2) is 5.96 Å². The zero-order valence-corrected chi connectivity index (χ0v) is 36.0. The summed E-state index contributed by atoms with van der Waals surface area (Å²) in [6, 6.07) is -8.78. The predicted octanol–water partition coefficient (Wildman–Crippen LogP) is -2.35. The number of carbonyl (C=O) groups is 8. The van der Waals surface area contributed by atoms with Crippen LogP contribution < -0.4 is 48.7 Å². The Labute approximate surface area is 350 Å². The van der Waals surface area contributed by atoms with Crippen LogP contribution in [-0.4, -0.2) is 129 Å². The highest BCUT2D eigenvalue weighted by molar-refractivity contribution is 5.97. The maximum Gasteiger partial charge on any atom is 0.326 e. The van der Waals surface area contributed by atoms with Crippen LogP contribution >= 0.6 is 0 Å². The van der Waals surface area contributed by atoms with E-state index in [-0.39, 0.29) is 56.4 Å². The van der Waals surface area contributed by atoms with Crippen LogP contribution in [0.1, 0.15) is 93.7 Å². The number of aliphatic hydroxyl groups excluding tert-OH is 1. The third-order valence-corrected chi connectivity index (χ3v) is 8.90. The molecule has 60 heavy (non-hydrogen) atoms. The molecule has 0 radical (unpaired) electrons. The van der Waals surface area contributed by atoms with E-state index in [0.717, 1.165) is 6.92 Å². The normalized spacial score (nSPS) is 14.9. The van der Waals surface area contributed by atoms with Crippen LogP contribution in [0.3, 0.4) is 0 Å². The minimum Gasteiger partial charge on any atom is -0.480 e. The number of H-pyrrole nitrogens is 1. The van der Waals surface area contributed by atoms with Crippen LogP contribution in [0.25, 0.3) is 0 Å². The lowest BCUT2D eigenvalue weighted by Gasteiger charge is -2.33. The number of guanidine groups is 1. The number of aliphatic hydroxyl groups is 1. The maximum atomic E-state index is 14.1. The molecule has 338 valence electrons. The molecule has 1 aromatic heterocycles. The molecule has 1 rings (SSSR count). The number of nitrogens with two attached hydrogens (primary N) is 2. The number of rotatable bonds is 25. The molecule has 14 N–H and O–H groups in total. The van der Waals surface area contributed by atoms with E-state index in [1.807, 2.05) is 27.7 Å². The number of aliphatic carboxylic acids is 1. The molecule has 7 amide bonds. The van der Waals surface area contributed by atoms with Crippen molar-refractivity contribution in [3.8, 4) is 0 Å². The largest absolute Gasteiger partial charge is 0.480 e. The number of carboxylic acids is 1. The van der Waals surface area contributed by atoms with Crippen molar-refractivity contribution in [1.29, 1.82) is 0 Å². The van der Waals surface area contributed by atoms with Gasteiger partial charge in [-0.15, -0.1) is 0 Å². The molecule has 0 aromatic carbocycles. The van der Waals surface area contributed by atoms with Gasteiger partial charge in [0.1, 0.15) is 42.3 Å². The number of carbonyl (C=O) groups excluding carboxylic acids is 7. The number of carboxylic acid groups (broad SMARTS) is 1. The highest BCUT2D eigenvalue weighted by atomic mass is 16.4. The van der Waals surface area contributed by atoms with Crippen molar-refractivity contribution >= 4 is 53.3 Å². The summed E-state index contributed by atoms with van der Waals surface area (Å²) in [5.74, 6) is -6.88. The van der Waals surface area contributed by atoms with Crippen molar-refractivity contribution in [1.82, 2.24) is 47.2 Å². The van der Waals surface area contributed by atoms with E-state index in [9.17, 15) is 48.6 Å². The second-order valence-corrected chi connectivity index (χ2v) is 16.5. The predicted molar refractivity (Wildman–Crippen MR) is 220 cm³/mol. The van der Waals surface area contributed by atoms with E-state index in [0.29, 0.717) is 5.69 Å². The molecule has 0 aliphatic heterocycles. The van der Waals surface area contributed by atoms with E-state index in [1.165, 1.54) is 19.4 Å².